The largest absolute Gasteiger partial charge is 0.513 e. The molecule has 0 heterocycles. The molecule has 0 aromatic carbocycles. The Balaban J connectivity index is 2.82. The number of rotatable bonds is 4. The van der Waals surface area contributed by atoms with Gasteiger partial charge in [-0.05, 0) is 18.4 Å². The Labute approximate surface area is 54.8 Å². The summed E-state index contributed by atoms with van der Waals surface area (Å²) >= 11 is 1.79. The molecule has 0 saturated heterocycles. The van der Waals surface area contributed by atoms with Crippen molar-refractivity contribution in [2.75, 3.05) is 12.0 Å². The van der Waals surface area contributed by atoms with Gasteiger partial charge in [-0.25, -0.2) is 0 Å². The molecule has 0 aromatic heterocycles. The molecule has 0 radical (unpaired) electrons. The van der Waals surface area contributed by atoms with Crippen LogP contribution in [0.1, 0.15) is 12.8 Å². The highest BCUT2D eigenvalue weighted by atomic mass is 32.2. The van der Waals surface area contributed by atoms with E-state index in [1.165, 1.54) is 0 Å². The van der Waals surface area contributed by atoms with Crippen LogP contribution in [0.15, 0.2) is 12.3 Å². The summed E-state index contributed by atoms with van der Waals surface area (Å²) in [6, 6.07) is 0. The number of hydrogen-bond donors (Lipinski definition) is 1. The van der Waals surface area contributed by atoms with E-state index >= 15 is 0 Å². The second-order valence-corrected chi connectivity index (χ2v) is 2.65. The first kappa shape index (κ1) is 7.89. The number of aliphatic hydroxyl groups is 1. The van der Waals surface area contributed by atoms with Gasteiger partial charge in [0.05, 0.1) is 5.76 Å². The molecule has 0 amide bonds. The van der Waals surface area contributed by atoms with Gasteiger partial charge in [0.1, 0.15) is 0 Å². The van der Waals surface area contributed by atoms with Gasteiger partial charge < -0.3 is 5.11 Å². The van der Waals surface area contributed by atoms with E-state index in [1.807, 2.05) is 0 Å². The van der Waals surface area contributed by atoms with Gasteiger partial charge in [0.2, 0.25) is 0 Å². The first-order valence-electron chi connectivity index (χ1n) is 2.63. The van der Waals surface area contributed by atoms with Crippen LogP contribution in [0, 0.1) is 0 Å². The number of thioether (sulfide) groups is 1. The summed E-state index contributed by atoms with van der Waals surface area (Å²) in [7, 11) is 0. The van der Waals surface area contributed by atoms with Crippen LogP contribution in [0.3, 0.4) is 0 Å². The summed E-state index contributed by atoms with van der Waals surface area (Å²) in [6.07, 6.45) is 3.84. The SMILES string of the molecule is C=C(O)CCCSC. The van der Waals surface area contributed by atoms with Crippen molar-refractivity contribution >= 4 is 11.8 Å². The Bertz CT molecular complexity index is 70.9. The van der Waals surface area contributed by atoms with E-state index in [4.69, 9.17) is 5.11 Å². The lowest BCUT2D eigenvalue weighted by molar-refractivity contribution is 0.390. The molecule has 0 aliphatic heterocycles. The van der Waals surface area contributed by atoms with Gasteiger partial charge in [-0.15, -0.1) is 0 Å². The molecule has 48 valence electrons. The van der Waals surface area contributed by atoms with E-state index in [0.29, 0.717) is 5.76 Å². The Hall–Kier alpha value is -0.110. The minimum Gasteiger partial charge on any atom is -0.513 e. The molecule has 0 atom stereocenters. The van der Waals surface area contributed by atoms with Crippen molar-refractivity contribution in [2.24, 2.45) is 0 Å². The minimum absolute atomic E-state index is 0.305. The van der Waals surface area contributed by atoms with Gasteiger partial charge in [0.25, 0.3) is 0 Å². The lowest BCUT2D eigenvalue weighted by atomic mass is 10.3. The zero-order chi connectivity index (χ0) is 6.41. The van der Waals surface area contributed by atoms with Crippen LogP contribution in [0.4, 0.5) is 0 Å². The molecule has 0 bridgehead atoms. The van der Waals surface area contributed by atoms with Crippen molar-refractivity contribution in [1.82, 2.24) is 0 Å². The first-order chi connectivity index (χ1) is 3.77. The third kappa shape index (κ3) is 5.89. The normalized spacial score (nSPS) is 9.12. The average Bonchev–Trinajstić information content (AvgIpc) is 1.66. The van der Waals surface area contributed by atoms with Gasteiger partial charge in [-0.1, -0.05) is 6.58 Å². The topological polar surface area (TPSA) is 20.2 Å². The van der Waals surface area contributed by atoms with Crippen molar-refractivity contribution in [3.05, 3.63) is 12.3 Å². The van der Waals surface area contributed by atoms with Crippen LogP contribution >= 0.6 is 11.8 Å². The monoisotopic (exact) mass is 132 g/mol. The Morgan fingerprint density at radius 1 is 1.75 bits per heavy atom. The summed E-state index contributed by atoms with van der Waals surface area (Å²) in [5.41, 5.74) is 0. The summed E-state index contributed by atoms with van der Waals surface area (Å²) in [5, 5.41) is 8.58. The predicted molar refractivity (Wildman–Crippen MR) is 39.4 cm³/mol. The van der Waals surface area contributed by atoms with Crippen LogP contribution in [0.25, 0.3) is 0 Å². The van der Waals surface area contributed by atoms with Crippen molar-refractivity contribution in [2.45, 2.75) is 12.8 Å². The fraction of sp³-hybridized carbons (Fsp3) is 0.667. The van der Waals surface area contributed by atoms with Crippen LogP contribution in [0.5, 0.6) is 0 Å². The highest BCUT2D eigenvalue weighted by Crippen LogP contribution is 2.02. The molecule has 0 aliphatic rings. The van der Waals surface area contributed by atoms with Gasteiger partial charge in [-0.2, -0.15) is 11.8 Å². The molecule has 8 heavy (non-hydrogen) atoms. The van der Waals surface area contributed by atoms with E-state index in [2.05, 4.69) is 12.8 Å². The van der Waals surface area contributed by atoms with Gasteiger partial charge in [-0.3, -0.25) is 0 Å². The van der Waals surface area contributed by atoms with Crippen molar-refractivity contribution in [1.29, 1.82) is 0 Å². The minimum atomic E-state index is 0.305. The van der Waals surface area contributed by atoms with E-state index < -0.39 is 0 Å². The molecule has 0 aliphatic carbocycles. The molecule has 2 heteroatoms. The third-order valence-corrected chi connectivity index (χ3v) is 1.51. The smallest absolute Gasteiger partial charge is 0.0851 e. The molecule has 0 spiro atoms. The summed E-state index contributed by atoms with van der Waals surface area (Å²) in [6.45, 7) is 3.37. The third-order valence-electron chi connectivity index (χ3n) is 0.814. The fourth-order valence-corrected chi connectivity index (χ4v) is 0.854. The Kier molecular flexibility index (Phi) is 4.97. The molecule has 0 aromatic rings. The van der Waals surface area contributed by atoms with Gasteiger partial charge in [0, 0.05) is 6.42 Å². The predicted octanol–water partition coefficient (Wildman–Crippen LogP) is 2.20. The fourth-order valence-electron chi connectivity index (χ4n) is 0.421. The maximum Gasteiger partial charge on any atom is 0.0851 e. The van der Waals surface area contributed by atoms with E-state index in [-0.39, 0.29) is 0 Å². The highest BCUT2D eigenvalue weighted by Gasteiger charge is 1.86. The van der Waals surface area contributed by atoms with Gasteiger partial charge >= 0.3 is 0 Å². The van der Waals surface area contributed by atoms with Crippen LogP contribution in [-0.4, -0.2) is 17.1 Å². The number of allylic oxidation sites excluding steroid dienone is 1. The van der Waals surface area contributed by atoms with Crippen LogP contribution in [0.2, 0.25) is 0 Å². The molecule has 0 rings (SSSR count). The molecular weight excluding hydrogens is 120 g/mol. The van der Waals surface area contributed by atoms with Crippen molar-refractivity contribution < 1.29 is 5.11 Å². The molecule has 0 saturated carbocycles. The molecule has 1 N–H and O–H groups in total. The highest BCUT2D eigenvalue weighted by molar-refractivity contribution is 7.98. The van der Waals surface area contributed by atoms with Crippen molar-refractivity contribution in [3.8, 4) is 0 Å². The molecule has 0 fully saturated rings. The van der Waals surface area contributed by atoms with E-state index in [0.717, 1.165) is 18.6 Å². The summed E-state index contributed by atoms with van der Waals surface area (Å²) < 4.78 is 0. The maximum atomic E-state index is 8.58. The summed E-state index contributed by atoms with van der Waals surface area (Å²) in [4.78, 5) is 0. The number of aliphatic hydroxyl groups excluding tert-OH is 1. The quantitative estimate of drug-likeness (QED) is 0.467. The second-order valence-electron chi connectivity index (χ2n) is 1.66. The zero-order valence-electron chi connectivity index (χ0n) is 5.18. The molecule has 1 nitrogen and oxygen atoms in total. The van der Waals surface area contributed by atoms with Crippen LogP contribution < -0.4 is 0 Å². The first-order valence-corrected chi connectivity index (χ1v) is 4.02. The average molecular weight is 132 g/mol. The van der Waals surface area contributed by atoms with Gasteiger partial charge in [0.15, 0.2) is 0 Å². The second kappa shape index (κ2) is 5.04. The Morgan fingerprint density at radius 2 is 2.38 bits per heavy atom. The van der Waals surface area contributed by atoms with E-state index in [1.54, 1.807) is 11.8 Å². The molecule has 0 unspecified atom stereocenters. The summed E-state index contributed by atoms with van der Waals surface area (Å²) in [5.74, 6) is 1.42. The molecular formula is C6H12OS. The Morgan fingerprint density at radius 3 is 2.75 bits per heavy atom. The van der Waals surface area contributed by atoms with Crippen molar-refractivity contribution in [3.63, 3.8) is 0 Å². The lowest BCUT2D eigenvalue weighted by Gasteiger charge is -1.93. The van der Waals surface area contributed by atoms with E-state index in [9.17, 15) is 0 Å². The standard InChI is InChI=1S/C6H12OS/c1-6(7)4-3-5-8-2/h7H,1,3-5H2,2H3. The van der Waals surface area contributed by atoms with Crippen LogP contribution in [-0.2, 0) is 0 Å². The lowest BCUT2D eigenvalue weighted by Crippen LogP contribution is -1.81. The number of hydrogen-bond acceptors (Lipinski definition) is 2. The zero-order valence-corrected chi connectivity index (χ0v) is 6.00. The maximum absolute atomic E-state index is 8.58.